The van der Waals surface area contributed by atoms with E-state index in [9.17, 15) is 9.59 Å². The molecule has 0 aliphatic heterocycles. The van der Waals surface area contributed by atoms with Gasteiger partial charge in [-0.25, -0.2) is 0 Å². The molecule has 0 spiro atoms. The van der Waals surface area contributed by atoms with Crippen molar-refractivity contribution in [1.82, 2.24) is 10.2 Å². The molecule has 0 aromatic heterocycles. The van der Waals surface area contributed by atoms with Crippen LogP contribution >= 0.6 is 15.9 Å². The fourth-order valence-electron chi connectivity index (χ4n) is 2.12. The van der Waals surface area contributed by atoms with Crippen LogP contribution in [-0.2, 0) is 9.59 Å². The molecule has 0 fully saturated rings. The van der Waals surface area contributed by atoms with Crippen molar-refractivity contribution >= 4 is 27.8 Å². The molecule has 0 heterocycles. The van der Waals surface area contributed by atoms with Gasteiger partial charge in [0.15, 0.2) is 0 Å². The van der Waals surface area contributed by atoms with E-state index in [4.69, 9.17) is 5.11 Å². The number of nitrogens with zero attached hydrogens (tertiary/aromatic N) is 1. The molecule has 0 aliphatic rings. The highest BCUT2D eigenvalue weighted by Gasteiger charge is 2.19. The Morgan fingerprint density at radius 3 is 2.62 bits per heavy atom. The van der Waals surface area contributed by atoms with Gasteiger partial charge in [0.1, 0.15) is 6.54 Å². The normalized spacial score (nSPS) is 12.2. The third kappa shape index (κ3) is 5.85. The van der Waals surface area contributed by atoms with Gasteiger partial charge in [0, 0.05) is 10.5 Å². The molecule has 6 heteroatoms. The summed E-state index contributed by atoms with van der Waals surface area (Å²) in [5.74, 6) is -1.31. The smallest absolute Gasteiger partial charge is 0.322 e. The fourth-order valence-corrected chi connectivity index (χ4v) is 2.74. The Morgan fingerprint density at radius 2 is 2.05 bits per heavy atom. The number of hydrogen-bond donors (Lipinski definition) is 2. The van der Waals surface area contributed by atoms with E-state index in [2.05, 4.69) is 28.2 Å². The number of aliphatic carboxylic acids is 1. The van der Waals surface area contributed by atoms with Crippen LogP contribution in [0.3, 0.4) is 0 Å². The van der Waals surface area contributed by atoms with E-state index in [1.165, 1.54) is 0 Å². The molecule has 0 bridgehead atoms. The lowest BCUT2D eigenvalue weighted by Gasteiger charge is -2.29. The first kappa shape index (κ1) is 17.7. The van der Waals surface area contributed by atoms with Gasteiger partial charge in [-0.3, -0.25) is 14.5 Å². The molecule has 0 aliphatic carbocycles. The monoisotopic (exact) mass is 356 g/mol. The number of benzene rings is 1. The molecule has 1 amide bonds. The van der Waals surface area contributed by atoms with Gasteiger partial charge in [-0.15, -0.1) is 0 Å². The Morgan fingerprint density at radius 1 is 1.38 bits per heavy atom. The van der Waals surface area contributed by atoms with Crippen LogP contribution in [0.1, 0.15) is 31.9 Å². The van der Waals surface area contributed by atoms with Crippen molar-refractivity contribution in [3.05, 3.63) is 34.3 Å². The van der Waals surface area contributed by atoms with Gasteiger partial charge in [0.25, 0.3) is 0 Å². The first-order chi connectivity index (χ1) is 9.95. The highest BCUT2D eigenvalue weighted by Crippen LogP contribution is 2.27. The molecule has 0 radical (unpaired) electrons. The maximum Gasteiger partial charge on any atom is 0.322 e. The van der Waals surface area contributed by atoms with Gasteiger partial charge in [0.05, 0.1) is 6.54 Å². The Labute approximate surface area is 133 Å². The number of halogens is 1. The van der Waals surface area contributed by atoms with Gasteiger partial charge in [-0.2, -0.15) is 0 Å². The maximum atomic E-state index is 11.8. The van der Waals surface area contributed by atoms with Gasteiger partial charge in [-0.05, 0) is 31.5 Å². The van der Waals surface area contributed by atoms with Crippen molar-refractivity contribution in [1.29, 1.82) is 0 Å². The Hall–Kier alpha value is -1.40. The zero-order valence-electron chi connectivity index (χ0n) is 12.3. The van der Waals surface area contributed by atoms with Crippen LogP contribution < -0.4 is 5.32 Å². The molecule has 0 saturated heterocycles. The Balaban J connectivity index is 2.74. The number of carboxylic acids is 1. The molecule has 1 rings (SSSR count). The molecule has 0 saturated carbocycles. The summed E-state index contributed by atoms with van der Waals surface area (Å²) in [6, 6.07) is 7.97. The number of carbonyl (C=O) groups is 2. The number of carbonyl (C=O) groups excluding carboxylic acids is 1. The minimum atomic E-state index is -1.04. The van der Waals surface area contributed by atoms with E-state index in [0.717, 1.165) is 23.0 Å². The summed E-state index contributed by atoms with van der Waals surface area (Å²) >= 11 is 3.53. The lowest BCUT2D eigenvalue weighted by molar-refractivity contribution is -0.138. The second kappa shape index (κ2) is 8.79. The first-order valence-corrected chi connectivity index (χ1v) is 7.72. The van der Waals surface area contributed by atoms with Crippen molar-refractivity contribution in [2.45, 2.75) is 26.3 Å². The quantitative estimate of drug-likeness (QED) is 0.750. The molecule has 2 N–H and O–H groups in total. The topological polar surface area (TPSA) is 69.6 Å². The van der Waals surface area contributed by atoms with Crippen molar-refractivity contribution in [3.8, 4) is 0 Å². The van der Waals surface area contributed by atoms with Gasteiger partial charge < -0.3 is 10.4 Å². The van der Waals surface area contributed by atoms with Crippen LogP contribution in [0.5, 0.6) is 0 Å². The lowest BCUT2D eigenvalue weighted by Crippen LogP contribution is -2.40. The molecule has 1 aromatic carbocycles. The second-order valence-corrected chi connectivity index (χ2v) is 5.69. The van der Waals surface area contributed by atoms with E-state index in [0.29, 0.717) is 0 Å². The number of nitrogens with one attached hydrogen (secondary N) is 1. The zero-order valence-corrected chi connectivity index (χ0v) is 13.9. The molecule has 1 unspecified atom stereocenters. The maximum absolute atomic E-state index is 11.8. The second-order valence-electron chi connectivity index (χ2n) is 4.84. The lowest BCUT2D eigenvalue weighted by atomic mass is 10.1. The molecule has 21 heavy (non-hydrogen) atoms. The Kier molecular flexibility index (Phi) is 7.39. The van der Waals surface area contributed by atoms with Gasteiger partial charge in [0.2, 0.25) is 5.91 Å². The van der Waals surface area contributed by atoms with Crippen LogP contribution in [0.15, 0.2) is 28.7 Å². The van der Waals surface area contributed by atoms with Crippen LogP contribution in [-0.4, -0.2) is 41.5 Å². The average molecular weight is 357 g/mol. The van der Waals surface area contributed by atoms with E-state index < -0.39 is 5.97 Å². The molecule has 116 valence electrons. The summed E-state index contributed by atoms with van der Waals surface area (Å²) in [7, 11) is 0. The highest BCUT2D eigenvalue weighted by molar-refractivity contribution is 9.10. The van der Waals surface area contributed by atoms with E-state index in [1.54, 1.807) is 0 Å². The number of rotatable bonds is 8. The predicted octanol–water partition coefficient (Wildman–Crippen LogP) is 2.42. The fraction of sp³-hybridized carbons (Fsp3) is 0.467. The van der Waals surface area contributed by atoms with Crippen LogP contribution in [0.2, 0.25) is 0 Å². The highest BCUT2D eigenvalue weighted by atomic mass is 79.9. The number of amides is 1. The average Bonchev–Trinajstić information content (AvgIpc) is 2.44. The zero-order chi connectivity index (χ0) is 15.8. The first-order valence-electron chi connectivity index (χ1n) is 6.92. The minimum absolute atomic E-state index is 0.0658. The predicted molar refractivity (Wildman–Crippen MR) is 85.1 cm³/mol. The van der Waals surface area contributed by atoms with Gasteiger partial charge >= 0.3 is 5.97 Å². The van der Waals surface area contributed by atoms with Crippen LogP contribution in [0, 0.1) is 0 Å². The standard InChI is InChI=1S/C15H21BrN2O3/c1-3-8-18(10-14(19)17-9-15(20)21)11(2)12-6-4-5-7-13(12)16/h4-7,11H,3,8-10H2,1-2H3,(H,17,19)(H,20,21). The van der Waals surface area contributed by atoms with Crippen molar-refractivity contribution in [2.24, 2.45) is 0 Å². The Bertz CT molecular complexity index is 494. The number of hydrogen-bond acceptors (Lipinski definition) is 3. The van der Waals surface area contributed by atoms with E-state index >= 15 is 0 Å². The summed E-state index contributed by atoms with van der Waals surface area (Å²) in [6.45, 7) is 4.70. The third-order valence-electron chi connectivity index (χ3n) is 3.20. The largest absolute Gasteiger partial charge is 0.480 e. The van der Waals surface area contributed by atoms with E-state index in [1.807, 2.05) is 36.1 Å². The van der Waals surface area contributed by atoms with Gasteiger partial charge in [-0.1, -0.05) is 41.1 Å². The molecule has 1 atom stereocenters. The summed E-state index contributed by atoms with van der Waals surface area (Å²) in [6.07, 6.45) is 0.918. The van der Waals surface area contributed by atoms with E-state index in [-0.39, 0.29) is 25.0 Å². The molecule has 5 nitrogen and oxygen atoms in total. The van der Waals surface area contributed by atoms with Crippen molar-refractivity contribution in [3.63, 3.8) is 0 Å². The van der Waals surface area contributed by atoms with Crippen LogP contribution in [0.25, 0.3) is 0 Å². The summed E-state index contributed by atoms with van der Waals surface area (Å²) in [4.78, 5) is 24.3. The van der Waals surface area contributed by atoms with Crippen molar-refractivity contribution in [2.75, 3.05) is 19.6 Å². The minimum Gasteiger partial charge on any atom is -0.480 e. The molecule has 1 aromatic rings. The summed E-state index contributed by atoms with van der Waals surface area (Å²) in [5, 5.41) is 11.0. The third-order valence-corrected chi connectivity index (χ3v) is 3.92. The SMILES string of the molecule is CCCN(CC(=O)NCC(=O)O)C(C)c1ccccc1Br. The molecular weight excluding hydrogens is 336 g/mol. The summed E-state index contributed by atoms with van der Waals surface area (Å²) in [5.41, 5.74) is 1.11. The van der Waals surface area contributed by atoms with Crippen molar-refractivity contribution < 1.29 is 14.7 Å². The molecular formula is C15H21BrN2O3. The van der Waals surface area contributed by atoms with Crippen LogP contribution in [0.4, 0.5) is 0 Å². The summed E-state index contributed by atoms with van der Waals surface area (Å²) < 4.78 is 1.00. The number of carboxylic acid groups (broad SMARTS) is 1.